The molecule has 0 heterocycles. The molecule has 19 heavy (non-hydrogen) atoms. The Labute approximate surface area is 119 Å². The maximum absolute atomic E-state index is 6.73. The predicted octanol–water partition coefficient (Wildman–Crippen LogP) is 4.13. The monoisotopic (exact) mass is 267 g/mol. The first-order valence-corrected chi connectivity index (χ1v) is 8.47. The molecule has 2 rings (SSSR count). The Kier molecular flexibility index (Phi) is 5.30. The summed E-state index contributed by atoms with van der Waals surface area (Å²) in [6.07, 6.45) is 10.3. The van der Waals surface area contributed by atoms with E-state index in [1.807, 2.05) is 0 Å². The van der Waals surface area contributed by atoms with E-state index >= 15 is 0 Å². The Hall–Kier alpha value is -0.0800. The van der Waals surface area contributed by atoms with E-state index < -0.39 is 0 Å². The number of hydrogen-bond donors (Lipinski definition) is 1. The van der Waals surface area contributed by atoms with Gasteiger partial charge in [-0.05, 0) is 63.2 Å². The summed E-state index contributed by atoms with van der Waals surface area (Å²) in [6, 6.07) is 0.252. The lowest BCUT2D eigenvalue weighted by atomic mass is 9.68. The molecule has 0 radical (unpaired) electrons. The first-order valence-electron chi connectivity index (χ1n) is 8.47. The van der Waals surface area contributed by atoms with Crippen molar-refractivity contribution in [1.82, 2.24) is 0 Å². The van der Waals surface area contributed by atoms with Gasteiger partial charge in [-0.3, -0.25) is 0 Å². The van der Waals surface area contributed by atoms with Crippen LogP contribution in [0.2, 0.25) is 0 Å². The third kappa shape index (κ3) is 3.52. The standard InChI is InChI=1S/C17H33NO/c1-4-19-17(10-8-13(2)9-11-17)16(18)15-7-5-6-14(3)12-15/h13-16H,4-12,18H2,1-3H3. The lowest BCUT2D eigenvalue weighted by Crippen LogP contribution is -2.56. The van der Waals surface area contributed by atoms with Crippen LogP contribution in [0, 0.1) is 17.8 Å². The average molecular weight is 267 g/mol. The van der Waals surface area contributed by atoms with E-state index in [-0.39, 0.29) is 11.6 Å². The number of nitrogens with two attached hydrogens (primary N) is 1. The zero-order chi connectivity index (χ0) is 13.9. The van der Waals surface area contributed by atoms with Crippen molar-refractivity contribution in [2.24, 2.45) is 23.5 Å². The van der Waals surface area contributed by atoms with Crippen molar-refractivity contribution in [2.75, 3.05) is 6.61 Å². The highest BCUT2D eigenvalue weighted by Crippen LogP contribution is 2.42. The summed E-state index contributed by atoms with van der Waals surface area (Å²) in [4.78, 5) is 0. The van der Waals surface area contributed by atoms with E-state index in [1.54, 1.807) is 0 Å². The molecule has 0 saturated heterocycles. The first kappa shape index (κ1) is 15.3. The SMILES string of the molecule is CCOC1(C(N)C2CCCC(C)C2)CCC(C)CC1. The smallest absolute Gasteiger partial charge is 0.0835 e. The summed E-state index contributed by atoms with van der Waals surface area (Å²) in [6.45, 7) is 7.68. The zero-order valence-corrected chi connectivity index (χ0v) is 13.2. The number of ether oxygens (including phenoxy) is 1. The molecule has 0 amide bonds. The van der Waals surface area contributed by atoms with Gasteiger partial charge < -0.3 is 10.5 Å². The van der Waals surface area contributed by atoms with Crippen LogP contribution >= 0.6 is 0 Å². The minimum absolute atomic E-state index is 0.0109. The summed E-state index contributed by atoms with van der Waals surface area (Å²) in [5, 5.41) is 0. The third-order valence-corrected chi connectivity index (χ3v) is 5.64. The van der Waals surface area contributed by atoms with Crippen LogP contribution < -0.4 is 5.73 Å². The third-order valence-electron chi connectivity index (χ3n) is 5.64. The van der Waals surface area contributed by atoms with Gasteiger partial charge in [0.05, 0.1) is 5.60 Å². The van der Waals surface area contributed by atoms with Gasteiger partial charge in [-0.15, -0.1) is 0 Å². The minimum atomic E-state index is -0.0109. The number of hydrogen-bond acceptors (Lipinski definition) is 2. The second kappa shape index (κ2) is 6.58. The van der Waals surface area contributed by atoms with Crippen LogP contribution in [-0.4, -0.2) is 18.2 Å². The van der Waals surface area contributed by atoms with Crippen molar-refractivity contribution in [2.45, 2.75) is 83.8 Å². The molecule has 2 heteroatoms. The van der Waals surface area contributed by atoms with Crippen LogP contribution in [0.5, 0.6) is 0 Å². The van der Waals surface area contributed by atoms with Gasteiger partial charge in [0.2, 0.25) is 0 Å². The van der Waals surface area contributed by atoms with E-state index in [9.17, 15) is 0 Å². The lowest BCUT2D eigenvalue weighted by molar-refractivity contribution is -0.103. The molecular formula is C17H33NO. The van der Waals surface area contributed by atoms with Crippen LogP contribution in [0.25, 0.3) is 0 Å². The van der Waals surface area contributed by atoms with Gasteiger partial charge >= 0.3 is 0 Å². The summed E-state index contributed by atoms with van der Waals surface area (Å²) >= 11 is 0. The first-order chi connectivity index (χ1) is 9.07. The Bertz CT molecular complexity index is 270. The molecule has 2 aliphatic carbocycles. The Morgan fingerprint density at radius 1 is 1.11 bits per heavy atom. The normalized spacial score (nSPS) is 42.0. The minimum Gasteiger partial charge on any atom is -0.374 e. The molecule has 0 bridgehead atoms. The van der Waals surface area contributed by atoms with Crippen molar-refractivity contribution in [1.29, 1.82) is 0 Å². The van der Waals surface area contributed by atoms with Gasteiger partial charge in [0, 0.05) is 12.6 Å². The molecular weight excluding hydrogens is 234 g/mol. The molecule has 2 fully saturated rings. The van der Waals surface area contributed by atoms with Gasteiger partial charge in [-0.2, -0.15) is 0 Å². The molecule has 3 unspecified atom stereocenters. The van der Waals surface area contributed by atoms with E-state index in [2.05, 4.69) is 20.8 Å². The van der Waals surface area contributed by atoms with Gasteiger partial charge in [-0.25, -0.2) is 0 Å². The molecule has 0 aromatic rings. The second-order valence-electron chi connectivity index (χ2n) is 7.24. The van der Waals surface area contributed by atoms with Gasteiger partial charge in [0.1, 0.15) is 0 Å². The molecule has 0 aromatic carbocycles. The fraction of sp³-hybridized carbons (Fsp3) is 1.00. The Balaban J connectivity index is 2.05. The molecule has 2 aliphatic rings. The van der Waals surface area contributed by atoms with Crippen molar-refractivity contribution >= 4 is 0 Å². The van der Waals surface area contributed by atoms with E-state index in [1.165, 1.54) is 51.4 Å². The van der Waals surface area contributed by atoms with Crippen LogP contribution in [0.3, 0.4) is 0 Å². The Morgan fingerprint density at radius 2 is 1.79 bits per heavy atom. The maximum Gasteiger partial charge on any atom is 0.0835 e. The van der Waals surface area contributed by atoms with Crippen LogP contribution in [0.1, 0.15) is 72.1 Å². The van der Waals surface area contributed by atoms with Crippen molar-refractivity contribution in [3.05, 3.63) is 0 Å². The van der Waals surface area contributed by atoms with Crippen LogP contribution in [0.4, 0.5) is 0 Å². The molecule has 0 aliphatic heterocycles. The zero-order valence-electron chi connectivity index (χ0n) is 13.2. The summed E-state index contributed by atoms with van der Waals surface area (Å²) < 4.78 is 6.24. The predicted molar refractivity (Wildman–Crippen MR) is 81.1 cm³/mol. The Morgan fingerprint density at radius 3 is 2.37 bits per heavy atom. The molecule has 0 spiro atoms. The highest BCUT2D eigenvalue weighted by molar-refractivity contribution is 4.99. The van der Waals surface area contributed by atoms with Crippen LogP contribution in [-0.2, 0) is 4.74 Å². The van der Waals surface area contributed by atoms with E-state index in [0.29, 0.717) is 5.92 Å². The average Bonchev–Trinajstić information content (AvgIpc) is 2.41. The highest BCUT2D eigenvalue weighted by atomic mass is 16.5. The van der Waals surface area contributed by atoms with Crippen molar-refractivity contribution < 1.29 is 4.74 Å². The fourth-order valence-electron chi connectivity index (χ4n) is 4.35. The van der Waals surface area contributed by atoms with Gasteiger partial charge in [0.15, 0.2) is 0 Å². The van der Waals surface area contributed by atoms with E-state index in [0.717, 1.165) is 18.4 Å². The summed E-state index contributed by atoms with van der Waals surface area (Å²) in [7, 11) is 0. The second-order valence-corrected chi connectivity index (χ2v) is 7.24. The van der Waals surface area contributed by atoms with Crippen molar-refractivity contribution in [3.8, 4) is 0 Å². The fourth-order valence-corrected chi connectivity index (χ4v) is 4.35. The highest BCUT2D eigenvalue weighted by Gasteiger charge is 2.44. The lowest BCUT2D eigenvalue weighted by Gasteiger charge is -2.47. The molecule has 0 aromatic heterocycles. The summed E-state index contributed by atoms with van der Waals surface area (Å²) in [5.41, 5.74) is 6.72. The van der Waals surface area contributed by atoms with Gasteiger partial charge in [-0.1, -0.05) is 26.7 Å². The topological polar surface area (TPSA) is 35.2 Å². The quantitative estimate of drug-likeness (QED) is 0.831. The van der Waals surface area contributed by atoms with Crippen molar-refractivity contribution in [3.63, 3.8) is 0 Å². The van der Waals surface area contributed by atoms with E-state index in [4.69, 9.17) is 10.5 Å². The summed E-state index contributed by atoms with van der Waals surface area (Å²) in [5.74, 6) is 2.39. The molecule has 2 N–H and O–H groups in total. The molecule has 3 atom stereocenters. The molecule has 112 valence electrons. The molecule has 2 nitrogen and oxygen atoms in total. The maximum atomic E-state index is 6.73. The largest absolute Gasteiger partial charge is 0.374 e. The van der Waals surface area contributed by atoms with Crippen LogP contribution in [0.15, 0.2) is 0 Å². The number of rotatable bonds is 4. The van der Waals surface area contributed by atoms with Gasteiger partial charge in [0.25, 0.3) is 0 Å². The molecule has 2 saturated carbocycles.